The summed E-state index contributed by atoms with van der Waals surface area (Å²) in [7, 11) is -3.42. The van der Waals surface area contributed by atoms with Crippen LogP contribution in [0.3, 0.4) is 0 Å². The Morgan fingerprint density at radius 1 is 1.38 bits per heavy atom. The molecule has 21 heavy (non-hydrogen) atoms. The first kappa shape index (κ1) is 15.7. The summed E-state index contributed by atoms with van der Waals surface area (Å²) in [6, 6.07) is 2.22. The van der Waals surface area contributed by atoms with E-state index in [2.05, 4.69) is 6.92 Å². The van der Waals surface area contributed by atoms with Crippen molar-refractivity contribution in [2.45, 2.75) is 54.8 Å². The fourth-order valence-corrected chi connectivity index (χ4v) is 6.08. The number of rotatable bonds is 4. The number of hydrogen-bond acceptors (Lipinski definition) is 3. The maximum absolute atomic E-state index is 12.9. The molecule has 118 valence electrons. The van der Waals surface area contributed by atoms with Crippen LogP contribution in [0.5, 0.6) is 0 Å². The van der Waals surface area contributed by atoms with Crippen molar-refractivity contribution < 1.29 is 8.42 Å². The van der Waals surface area contributed by atoms with Gasteiger partial charge in [-0.3, -0.25) is 0 Å². The van der Waals surface area contributed by atoms with Gasteiger partial charge in [0.25, 0.3) is 0 Å². The largest absolute Gasteiger partial charge is 0.346 e. The summed E-state index contributed by atoms with van der Waals surface area (Å²) in [6.45, 7) is 4.68. The van der Waals surface area contributed by atoms with Crippen LogP contribution in [-0.2, 0) is 15.9 Å². The van der Waals surface area contributed by atoms with Gasteiger partial charge in [0.05, 0.1) is 5.88 Å². The Balaban J connectivity index is 1.94. The van der Waals surface area contributed by atoms with Gasteiger partial charge in [-0.15, -0.1) is 11.6 Å². The average molecular weight is 349 g/mol. The van der Waals surface area contributed by atoms with Crippen molar-refractivity contribution in [3.63, 3.8) is 0 Å². The van der Waals surface area contributed by atoms with Gasteiger partial charge in [0, 0.05) is 41.5 Å². The van der Waals surface area contributed by atoms with Crippen molar-refractivity contribution in [1.29, 1.82) is 0 Å². The Morgan fingerprint density at radius 3 is 2.71 bits per heavy atom. The van der Waals surface area contributed by atoms with E-state index in [-0.39, 0.29) is 6.04 Å². The van der Waals surface area contributed by atoms with Gasteiger partial charge in [-0.05, 0) is 25.8 Å². The molecule has 2 heterocycles. The van der Waals surface area contributed by atoms with Gasteiger partial charge in [0.1, 0.15) is 4.90 Å². The number of alkyl halides is 1. The zero-order valence-electron chi connectivity index (χ0n) is 12.3. The highest BCUT2D eigenvalue weighted by atomic mass is 35.5. The molecule has 1 aromatic heterocycles. The second-order valence-corrected chi connectivity index (χ2v) is 9.51. The molecule has 1 aliphatic carbocycles. The molecule has 2 aliphatic rings. The van der Waals surface area contributed by atoms with Crippen LogP contribution in [0.15, 0.2) is 17.2 Å². The molecule has 0 spiro atoms. The Morgan fingerprint density at radius 2 is 2.10 bits per heavy atom. The first-order chi connectivity index (χ1) is 9.95. The maximum atomic E-state index is 12.9. The van der Waals surface area contributed by atoms with E-state index in [1.54, 1.807) is 16.6 Å². The highest BCUT2D eigenvalue weighted by molar-refractivity contribution is 8.00. The minimum Gasteiger partial charge on any atom is -0.346 e. The van der Waals surface area contributed by atoms with Crippen molar-refractivity contribution in [3.05, 3.63) is 18.0 Å². The van der Waals surface area contributed by atoms with Crippen LogP contribution in [0.1, 0.15) is 38.4 Å². The highest BCUT2D eigenvalue weighted by Gasteiger charge is 2.36. The topological polar surface area (TPSA) is 42.3 Å². The molecule has 2 atom stereocenters. The van der Waals surface area contributed by atoms with Crippen molar-refractivity contribution in [2.75, 3.05) is 12.3 Å². The average Bonchev–Trinajstić information content (AvgIpc) is 3.20. The molecule has 0 aromatic carbocycles. The molecular weight excluding hydrogens is 328 g/mol. The van der Waals surface area contributed by atoms with E-state index in [0.717, 1.165) is 24.3 Å². The molecule has 1 saturated carbocycles. The summed E-state index contributed by atoms with van der Waals surface area (Å²) in [5, 5.41) is 0.326. The smallest absolute Gasteiger partial charge is 0.244 e. The van der Waals surface area contributed by atoms with Crippen LogP contribution in [0, 0.1) is 0 Å². The first-order valence-corrected chi connectivity index (χ1v) is 10.4. The van der Waals surface area contributed by atoms with E-state index >= 15 is 0 Å². The molecule has 3 rings (SSSR count). The number of aromatic nitrogens is 1. The Hall–Kier alpha value is -0.170. The predicted octanol–water partition coefficient (Wildman–Crippen LogP) is 3.08. The molecule has 2 fully saturated rings. The van der Waals surface area contributed by atoms with Crippen molar-refractivity contribution >= 4 is 33.4 Å². The van der Waals surface area contributed by atoms with Crippen LogP contribution in [0.25, 0.3) is 0 Å². The Labute approximate surface area is 135 Å². The van der Waals surface area contributed by atoms with Crippen LogP contribution in [0.4, 0.5) is 0 Å². The fourth-order valence-electron chi connectivity index (χ4n) is 2.82. The van der Waals surface area contributed by atoms with Crippen LogP contribution in [0.2, 0.25) is 0 Å². The SMILES string of the molecule is CC1SCCN(S(=O)(=O)c2cc(CCl)n(C3CC3)c2)C1C. The van der Waals surface area contributed by atoms with E-state index in [0.29, 0.717) is 28.6 Å². The van der Waals surface area contributed by atoms with E-state index in [1.165, 1.54) is 0 Å². The first-order valence-electron chi connectivity index (χ1n) is 7.35. The second-order valence-electron chi connectivity index (χ2n) is 5.87. The summed E-state index contributed by atoms with van der Waals surface area (Å²) in [5.74, 6) is 1.21. The quantitative estimate of drug-likeness (QED) is 0.785. The summed E-state index contributed by atoms with van der Waals surface area (Å²) >= 11 is 7.81. The van der Waals surface area contributed by atoms with Gasteiger partial charge in [-0.25, -0.2) is 8.42 Å². The molecule has 1 aliphatic heterocycles. The third-order valence-electron chi connectivity index (χ3n) is 4.42. The van der Waals surface area contributed by atoms with Crippen molar-refractivity contribution in [2.24, 2.45) is 0 Å². The molecule has 0 N–H and O–H groups in total. The molecule has 1 aromatic rings. The molecule has 0 radical (unpaired) electrons. The highest BCUT2D eigenvalue weighted by Crippen LogP contribution is 2.38. The van der Waals surface area contributed by atoms with E-state index in [1.807, 2.05) is 23.3 Å². The lowest BCUT2D eigenvalue weighted by Gasteiger charge is -2.36. The fraction of sp³-hybridized carbons (Fsp3) is 0.714. The molecule has 0 bridgehead atoms. The summed E-state index contributed by atoms with van der Waals surface area (Å²) in [5.41, 5.74) is 0.907. The van der Waals surface area contributed by atoms with E-state index < -0.39 is 10.0 Å². The zero-order chi connectivity index (χ0) is 15.2. The lowest BCUT2D eigenvalue weighted by Crippen LogP contribution is -2.47. The molecule has 4 nitrogen and oxygen atoms in total. The predicted molar refractivity (Wildman–Crippen MR) is 87.5 cm³/mol. The van der Waals surface area contributed by atoms with Gasteiger partial charge in [-0.1, -0.05) is 6.92 Å². The summed E-state index contributed by atoms with van der Waals surface area (Å²) in [6.07, 6.45) is 4.02. The second kappa shape index (κ2) is 5.80. The van der Waals surface area contributed by atoms with E-state index in [4.69, 9.17) is 11.6 Å². The lowest BCUT2D eigenvalue weighted by atomic mass is 10.2. The summed E-state index contributed by atoms with van der Waals surface area (Å²) in [4.78, 5) is 0.399. The van der Waals surface area contributed by atoms with E-state index in [9.17, 15) is 8.42 Å². The monoisotopic (exact) mass is 348 g/mol. The zero-order valence-corrected chi connectivity index (χ0v) is 14.7. The third-order valence-corrected chi connectivity index (χ3v) is 7.98. The normalized spacial score (nSPS) is 28.0. The van der Waals surface area contributed by atoms with Crippen molar-refractivity contribution in [1.82, 2.24) is 8.87 Å². The standard InChI is InChI=1S/C14H21ClN2O2S2/c1-10-11(2)20-6-5-17(10)21(18,19)14-7-13(8-15)16(9-14)12-3-4-12/h7,9-12H,3-6,8H2,1-2H3. The van der Waals surface area contributed by atoms with Crippen LogP contribution in [-0.4, -0.2) is 40.9 Å². The molecule has 0 amide bonds. The molecule has 7 heteroatoms. The van der Waals surface area contributed by atoms with Gasteiger partial charge < -0.3 is 4.57 Å². The van der Waals surface area contributed by atoms with Crippen LogP contribution < -0.4 is 0 Å². The van der Waals surface area contributed by atoms with Crippen LogP contribution >= 0.6 is 23.4 Å². The Bertz CT molecular complexity index is 625. The minimum absolute atomic E-state index is 0.0254. The number of halogens is 1. The van der Waals surface area contributed by atoms with Gasteiger partial charge in [-0.2, -0.15) is 16.1 Å². The summed E-state index contributed by atoms with van der Waals surface area (Å²) < 4.78 is 29.6. The van der Waals surface area contributed by atoms with Gasteiger partial charge in [0.2, 0.25) is 10.0 Å². The maximum Gasteiger partial charge on any atom is 0.244 e. The van der Waals surface area contributed by atoms with Crippen molar-refractivity contribution in [3.8, 4) is 0 Å². The Kier molecular flexibility index (Phi) is 4.34. The van der Waals surface area contributed by atoms with Gasteiger partial charge in [0.15, 0.2) is 0 Å². The number of thioether (sulfide) groups is 1. The van der Waals surface area contributed by atoms with Gasteiger partial charge >= 0.3 is 0 Å². The number of sulfonamides is 1. The molecule has 1 saturated heterocycles. The minimum atomic E-state index is -3.42. The lowest BCUT2D eigenvalue weighted by molar-refractivity contribution is 0.340. The molecule has 2 unspecified atom stereocenters. The third kappa shape index (κ3) is 2.87. The molecular formula is C14H21ClN2O2S2. The number of hydrogen-bond donors (Lipinski definition) is 0. The number of nitrogens with zero attached hydrogens (tertiary/aromatic N) is 2.